The third-order valence-electron chi connectivity index (χ3n) is 3.75. The van der Waals surface area contributed by atoms with Crippen molar-refractivity contribution >= 4 is 35.0 Å². The Morgan fingerprint density at radius 1 is 0.615 bits per heavy atom. The number of aryl methyl sites for hydroxylation is 4. The van der Waals surface area contributed by atoms with Crippen molar-refractivity contribution < 1.29 is 0 Å². The van der Waals surface area contributed by atoms with Crippen LogP contribution in [0.15, 0.2) is 41.6 Å². The van der Waals surface area contributed by atoms with E-state index in [1.807, 2.05) is 6.26 Å². The molecule has 0 unspecified atom stereocenters. The van der Waals surface area contributed by atoms with Gasteiger partial charge < -0.3 is 10.6 Å². The highest BCUT2D eigenvalue weighted by atomic mass is 32.2. The highest BCUT2D eigenvalue weighted by molar-refractivity contribution is 7.98. The molecule has 2 N–H and O–H groups in total. The molecule has 3 rings (SSSR count). The van der Waals surface area contributed by atoms with Crippen molar-refractivity contribution in [3.05, 3.63) is 58.7 Å². The largest absolute Gasteiger partial charge is 0.324 e. The van der Waals surface area contributed by atoms with Gasteiger partial charge in [0.05, 0.1) is 0 Å². The number of hydrogen-bond donors (Lipinski definition) is 2. The molecule has 0 aliphatic carbocycles. The van der Waals surface area contributed by atoms with Crippen LogP contribution in [0, 0.1) is 27.7 Å². The fourth-order valence-electron chi connectivity index (χ4n) is 2.91. The van der Waals surface area contributed by atoms with Gasteiger partial charge in [-0.05, 0) is 80.5 Å². The standard InChI is InChI=1S/C20H23N5S/c1-12-6-13(2)9-16(8-12)21-18-23-19(25-20(24-18)26-5)22-17-10-14(3)7-15(4)11-17/h6-11H,1-5H3,(H2,21,22,23,24,25). The van der Waals surface area contributed by atoms with Crippen LogP contribution >= 0.6 is 11.8 Å². The second-order valence-corrected chi connectivity index (χ2v) is 7.25. The Morgan fingerprint density at radius 3 is 1.35 bits per heavy atom. The van der Waals surface area contributed by atoms with Crippen LogP contribution in [0.1, 0.15) is 22.3 Å². The fourth-order valence-corrected chi connectivity index (χ4v) is 3.27. The van der Waals surface area contributed by atoms with Crippen LogP contribution in [0.25, 0.3) is 0 Å². The third-order valence-corrected chi connectivity index (χ3v) is 4.30. The van der Waals surface area contributed by atoms with Crippen LogP contribution in [0.5, 0.6) is 0 Å². The predicted molar refractivity (Wildman–Crippen MR) is 110 cm³/mol. The molecule has 0 aliphatic rings. The van der Waals surface area contributed by atoms with Crippen molar-refractivity contribution in [2.45, 2.75) is 32.9 Å². The number of thioether (sulfide) groups is 1. The van der Waals surface area contributed by atoms with Gasteiger partial charge in [0.15, 0.2) is 5.16 Å². The molecule has 1 heterocycles. The molecule has 0 saturated heterocycles. The monoisotopic (exact) mass is 365 g/mol. The van der Waals surface area contributed by atoms with Crippen molar-refractivity contribution in [1.29, 1.82) is 0 Å². The van der Waals surface area contributed by atoms with E-state index in [-0.39, 0.29) is 0 Å². The number of aromatic nitrogens is 3. The Hall–Kier alpha value is -2.60. The smallest absolute Gasteiger partial charge is 0.233 e. The minimum atomic E-state index is 0.529. The van der Waals surface area contributed by atoms with Gasteiger partial charge in [0.2, 0.25) is 11.9 Å². The molecule has 0 fully saturated rings. The maximum Gasteiger partial charge on any atom is 0.233 e. The molecule has 0 saturated carbocycles. The maximum atomic E-state index is 4.53. The summed E-state index contributed by atoms with van der Waals surface area (Å²) in [5.74, 6) is 1.06. The van der Waals surface area contributed by atoms with Gasteiger partial charge in [-0.3, -0.25) is 0 Å². The molecular weight excluding hydrogens is 342 g/mol. The number of nitrogens with zero attached hydrogens (tertiary/aromatic N) is 3. The molecule has 3 aromatic rings. The topological polar surface area (TPSA) is 62.7 Å². The van der Waals surface area contributed by atoms with E-state index in [1.165, 1.54) is 34.0 Å². The van der Waals surface area contributed by atoms with Gasteiger partial charge >= 0.3 is 0 Å². The van der Waals surface area contributed by atoms with E-state index in [1.54, 1.807) is 0 Å². The summed E-state index contributed by atoms with van der Waals surface area (Å²) in [6, 6.07) is 12.6. The number of rotatable bonds is 5. The average molecular weight is 366 g/mol. The first-order chi connectivity index (χ1) is 12.4. The average Bonchev–Trinajstić information content (AvgIpc) is 2.52. The molecule has 1 aromatic heterocycles. The molecule has 26 heavy (non-hydrogen) atoms. The summed E-state index contributed by atoms with van der Waals surface area (Å²) in [4.78, 5) is 13.5. The van der Waals surface area contributed by atoms with Gasteiger partial charge in [0, 0.05) is 11.4 Å². The zero-order valence-corrected chi connectivity index (χ0v) is 16.5. The highest BCUT2D eigenvalue weighted by Gasteiger charge is 2.08. The summed E-state index contributed by atoms with van der Waals surface area (Å²) in [5, 5.41) is 7.25. The van der Waals surface area contributed by atoms with E-state index in [2.05, 4.69) is 89.7 Å². The molecule has 5 nitrogen and oxygen atoms in total. The third kappa shape index (κ3) is 4.73. The minimum Gasteiger partial charge on any atom is -0.324 e. The van der Waals surface area contributed by atoms with Crippen molar-refractivity contribution in [2.24, 2.45) is 0 Å². The van der Waals surface area contributed by atoms with Gasteiger partial charge in [-0.15, -0.1) is 0 Å². The molecule has 0 amide bonds. The maximum absolute atomic E-state index is 4.53. The van der Waals surface area contributed by atoms with Gasteiger partial charge in [0.1, 0.15) is 0 Å². The second-order valence-electron chi connectivity index (χ2n) is 6.47. The SMILES string of the molecule is CSc1nc(Nc2cc(C)cc(C)c2)nc(Nc2cc(C)cc(C)c2)n1. The summed E-state index contributed by atoms with van der Waals surface area (Å²) < 4.78 is 0. The Labute approximate surface area is 158 Å². The van der Waals surface area contributed by atoms with E-state index in [9.17, 15) is 0 Å². The highest BCUT2D eigenvalue weighted by Crippen LogP contribution is 2.22. The van der Waals surface area contributed by atoms with E-state index in [0.717, 1.165) is 11.4 Å². The number of benzene rings is 2. The second kappa shape index (κ2) is 7.74. The predicted octanol–water partition coefficient (Wildman–Crippen LogP) is 5.31. The summed E-state index contributed by atoms with van der Waals surface area (Å²) in [7, 11) is 0. The number of nitrogens with one attached hydrogen (secondary N) is 2. The van der Waals surface area contributed by atoms with E-state index in [4.69, 9.17) is 0 Å². The van der Waals surface area contributed by atoms with Crippen molar-refractivity contribution in [1.82, 2.24) is 15.0 Å². The molecule has 134 valence electrons. The van der Waals surface area contributed by atoms with Crippen LogP contribution in [0.3, 0.4) is 0 Å². The fraction of sp³-hybridized carbons (Fsp3) is 0.250. The first kappa shape index (κ1) is 18.2. The van der Waals surface area contributed by atoms with Crippen LogP contribution in [0.2, 0.25) is 0 Å². The van der Waals surface area contributed by atoms with E-state index in [0.29, 0.717) is 17.1 Å². The summed E-state index contributed by atoms with van der Waals surface area (Å²) in [6.45, 7) is 8.30. The Kier molecular flexibility index (Phi) is 5.42. The van der Waals surface area contributed by atoms with Crippen molar-refractivity contribution in [3.63, 3.8) is 0 Å². The lowest BCUT2D eigenvalue weighted by molar-refractivity contribution is 0.922. The van der Waals surface area contributed by atoms with E-state index < -0.39 is 0 Å². The minimum absolute atomic E-state index is 0.529. The Bertz CT molecular complexity index is 827. The molecular formula is C20H23N5S. The quantitative estimate of drug-likeness (QED) is 0.597. The van der Waals surface area contributed by atoms with Crippen molar-refractivity contribution in [2.75, 3.05) is 16.9 Å². The van der Waals surface area contributed by atoms with Crippen LogP contribution in [-0.4, -0.2) is 21.2 Å². The Balaban J connectivity index is 1.90. The molecule has 0 aliphatic heterocycles. The van der Waals surface area contributed by atoms with Crippen LogP contribution in [-0.2, 0) is 0 Å². The lowest BCUT2D eigenvalue weighted by Gasteiger charge is -2.11. The lowest BCUT2D eigenvalue weighted by atomic mass is 10.1. The normalized spacial score (nSPS) is 10.7. The molecule has 6 heteroatoms. The van der Waals surface area contributed by atoms with Crippen LogP contribution in [0.4, 0.5) is 23.3 Å². The van der Waals surface area contributed by atoms with Crippen molar-refractivity contribution in [3.8, 4) is 0 Å². The molecule has 0 atom stereocenters. The Morgan fingerprint density at radius 2 is 1.00 bits per heavy atom. The summed E-state index contributed by atoms with van der Waals surface area (Å²) >= 11 is 1.49. The first-order valence-electron chi connectivity index (χ1n) is 8.42. The van der Waals surface area contributed by atoms with Gasteiger partial charge in [-0.2, -0.15) is 15.0 Å². The number of hydrogen-bond acceptors (Lipinski definition) is 6. The first-order valence-corrected chi connectivity index (χ1v) is 9.64. The van der Waals surface area contributed by atoms with Gasteiger partial charge in [-0.1, -0.05) is 23.9 Å². The van der Waals surface area contributed by atoms with E-state index >= 15 is 0 Å². The van der Waals surface area contributed by atoms with Crippen LogP contribution < -0.4 is 10.6 Å². The van der Waals surface area contributed by atoms with Gasteiger partial charge in [-0.25, -0.2) is 0 Å². The zero-order valence-electron chi connectivity index (χ0n) is 15.7. The summed E-state index contributed by atoms with van der Waals surface area (Å²) in [5.41, 5.74) is 6.72. The zero-order chi connectivity index (χ0) is 18.7. The lowest BCUT2D eigenvalue weighted by Crippen LogP contribution is -2.05. The molecule has 0 spiro atoms. The molecule has 0 radical (unpaired) electrons. The molecule has 0 bridgehead atoms. The number of anilines is 4. The molecule has 2 aromatic carbocycles. The van der Waals surface area contributed by atoms with Gasteiger partial charge in [0.25, 0.3) is 0 Å². The summed E-state index contributed by atoms with van der Waals surface area (Å²) in [6.07, 6.45) is 1.95.